The van der Waals surface area contributed by atoms with E-state index in [2.05, 4.69) is 5.16 Å². The quantitative estimate of drug-likeness (QED) is 0.409. The SMILES string of the molecule is c1ccc(CON=c2c3ccccc3oc3ccccc23)cc1. The molecule has 4 rings (SSSR count). The molecule has 0 aliphatic heterocycles. The maximum Gasteiger partial charge on any atom is 0.142 e. The topological polar surface area (TPSA) is 34.7 Å². The van der Waals surface area contributed by atoms with Crippen molar-refractivity contribution in [1.29, 1.82) is 0 Å². The molecule has 0 radical (unpaired) electrons. The molecule has 0 bridgehead atoms. The van der Waals surface area contributed by atoms with Crippen LogP contribution in [0.3, 0.4) is 0 Å². The first kappa shape index (κ1) is 13.6. The number of para-hydroxylation sites is 2. The lowest BCUT2D eigenvalue weighted by Crippen LogP contribution is -2.06. The summed E-state index contributed by atoms with van der Waals surface area (Å²) in [5.41, 5.74) is 2.69. The minimum absolute atomic E-state index is 0.440. The second-order valence-corrected chi connectivity index (χ2v) is 5.29. The molecule has 0 fully saturated rings. The Morgan fingerprint density at radius 2 is 1.26 bits per heavy atom. The normalized spacial score (nSPS) is 10.8. The van der Waals surface area contributed by atoms with E-state index in [1.54, 1.807) is 0 Å². The van der Waals surface area contributed by atoms with E-state index in [1.165, 1.54) is 0 Å². The largest absolute Gasteiger partial charge is 0.456 e. The van der Waals surface area contributed by atoms with Crippen molar-refractivity contribution in [2.24, 2.45) is 5.16 Å². The molecule has 0 N–H and O–H groups in total. The van der Waals surface area contributed by atoms with Gasteiger partial charge in [0.1, 0.15) is 23.1 Å². The van der Waals surface area contributed by atoms with Crippen molar-refractivity contribution in [2.45, 2.75) is 6.61 Å². The number of benzene rings is 3. The fraction of sp³-hybridized carbons (Fsp3) is 0.0500. The first-order valence-electron chi connectivity index (χ1n) is 7.52. The molecule has 112 valence electrons. The van der Waals surface area contributed by atoms with Crippen molar-refractivity contribution in [3.05, 3.63) is 89.8 Å². The van der Waals surface area contributed by atoms with Crippen molar-refractivity contribution in [3.8, 4) is 0 Å². The molecule has 0 aliphatic carbocycles. The summed E-state index contributed by atoms with van der Waals surface area (Å²) in [7, 11) is 0. The van der Waals surface area contributed by atoms with Gasteiger partial charge in [-0.1, -0.05) is 59.8 Å². The third kappa shape index (κ3) is 2.69. The summed E-state index contributed by atoms with van der Waals surface area (Å²) in [6.45, 7) is 0.440. The summed E-state index contributed by atoms with van der Waals surface area (Å²) < 4.78 is 5.94. The smallest absolute Gasteiger partial charge is 0.142 e. The van der Waals surface area contributed by atoms with E-state index in [1.807, 2.05) is 78.9 Å². The van der Waals surface area contributed by atoms with E-state index < -0.39 is 0 Å². The van der Waals surface area contributed by atoms with Crippen LogP contribution in [0.15, 0.2) is 88.4 Å². The number of hydrogen-bond donors (Lipinski definition) is 0. The van der Waals surface area contributed by atoms with E-state index in [-0.39, 0.29) is 0 Å². The van der Waals surface area contributed by atoms with Crippen LogP contribution in [0.2, 0.25) is 0 Å². The molecule has 23 heavy (non-hydrogen) atoms. The molecule has 0 saturated heterocycles. The molecule has 0 unspecified atom stereocenters. The number of hydrogen-bond acceptors (Lipinski definition) is 3. The first-order chi connectivity index (χ1) is 11.4. The fourth-order valence-electron chi connectivity index (χ4n) is 2.61. The van der Waals surface area contributed by atoms with Crippen LogP contribution >= 0.6 is 0 Å². The molecule has 3 aromatic carbocycles. The molecular weight excluding hydrogens is 286 g/mol. The Hall–Kier alpha value is -3.07. The van der Waals surface area contributed by atoms with Crippen molar-refractivity contribution < 1.29 is 9.25 Å². The zero-order valence-electron chi connectivity index (χ0n) is 12.5. The van der Waals surface area contributed by atoms with E-state index in [9.17, 15) is 0 Å². The van der Waals surface area contributed by atoms with Crippen LogP contribution in [0, 0.1) is 0 Å². The highest BCUT2D eigenvalue weighted by atomic mass is 16.6. The van der Waals surface area contributed by atoms with Crippen molar-refractivity contribution in [3.63, 3.8) is 0 Å². The number of nitrogens with zero attached hydrogens (tertiary/aromatic N) is 1. The first-order valence-corrected chi connectivity index (χ1v) is 7.52. The Labute approximate surface area is 133 Å². The minimum atomic E-state index is 0.440. The Bertz CT molecular complexity index is 963. The monoisotopic (exact) mass is 301 g/mol. The molecule has 4 aromatic rings. The van der Waals surface area contributed by atoms with E-state index in [0.29, 0.717) is 6.61 Å². The summed E-state index contributed by atoms with van der Waals surface area (Å²) >= 11 is 0. The fourth-order valence-corrected chi connectivity index (χ4v) is 2.61. The van der Waals surface area contributed by atoms with Crippen LogP contribution in [0.1, 0.15) is 5.56 Å². The summed E-state index contributed by atoms with van der Waals surface area (Å²) in [6, 6.07) is 25.7. The molecule has 0 amide bonds. The maximum atomic E-state index is 5.94. The van der Waals surface area contributed by atoms with Gasteiger partial charge in [0.2, 0.25) is 0 Å². The Morgan fingerprint density at radius 1 is 0.696 bits per heavy atom. The van der Waals surface area contributed by atoms with Gasteiger partial charge < -0.3 is 9.25 Å². The van der Waals surface area contributed by atoms with E-state index >= 15 is 0 Å². The van der Waals surface area contributed by atoms with Crippen molar-refractivity contribution in [2.75, 3.05) is 0 Å². The average Bonchev–Trinajstić information content (AvgIpc) is 2.62. The number of rotatable bonds is 3. The Morgan fingerprint density at radius 3 is 1.91 bits per heavy atom. The molecular formula is C20H15NO2. The van der Waals surface area contributed by atoms with Gasteiger partial charge in [-0.2, -0.15) is 0 Å². The van der Waals surface area contributed by atoms with Gasteiger partial charge in [-0.25, -0.2) is 0 Å². The summed E-state index contributed by atoms with van der Waals surface area (Å²) in [5, 5.41) is 7.09. The Balaban J connectivity index is 1.84. The average molecular weight is 301 g/mol. The van der Waals surface area contributed by atoms with Gasteiger partial charge in [0.05, 0.1) is 0 Å². The van der Waals surface area contributed by atoms with Gasteiger partial charge in [-0.05, 0) is 29.8 Å². The van der Waals surface area contributed by atoms with Crippen LogP contribution in [0.4, 0.5) is 0 Å². The molecule has 0 aliphatic rings. The highest BCUT2D eigenvalue weighted by Crippen LogP contribution is 2.18. The van der Waals surface area contributed by atoms with Gasteiger partial charge in [-0.15, -0.1) is 0 Å². The minimum Gasteiger partial charge on any atom is -0.456 e. The van der Waals surface area contributed by atoms with E-state index in [0.717, 1.165) is 32.9 Å². The third-order valence-electron chi connectivity index (χ3n) is 3.73. The van der Waals surface area contributed by atoms with Crippen LogP contribution in [-0.4, -0.2) is 0 Å². The zero-order chi connectivity index (χ0) is 15.5. The lowest BCUT2D eigenvalue weighted by Gasteiger charge is -2.04. The van der Waals surface area contributed by atoms with E-state index in [4.69, 9.17) is 9.25 Å². The highest BCUT2D eigenvalue weighted by molar-refractivity contribution is 5.89. The predicted octanol–water partition coefficient (Wildman–Crippen LogP) is 4.62. The molecule has 0 atom stereocenters. The van der Waals surface area contributed by atoms with Crippen LogP contribution in [0.25, 0.3) is 21.9 Å². The molecule has 0 saturated carbocycles. The second kappa shape index (κ2) is 5.97. The maximum absolute atomic E-state index is 5.94. The molecule has 1 heterocycles. The standard InChI is InChI=1S/C20H15NO2/c1-2-8-15(9-3-1)14-22-21-20-16-10-4-6-12-18(16)23-19-13-7-5-11-17(19)20/h1-13H,14H2. The van der Waals surface area contributed by atoms with Crippen LogP contribution in [-0.2, 0) is 11.4 Å². The molecule has 0 spiro atoms. The Kier molecular flexibility index (Phi) is 3.53. The van der Waals surface area contributed by atoms with Crippen molar-refractivity contribution >= 4 is 21.9 Å². The highest BCUT2D eigenvalue weighted by Gasteiger charge is 2.05. The predicted molar refractivity (Wildman–Crippen MR) is 90.5 cm³/mol. The molecule has 1 aromatic heterocycles. The van der Waals surface area contributed by atoms with Gasteiger partial charge in [0.15, 0.2) is 0 Å². The summed E-state index contributed by atoms with van der Waals surface area (Å²) in [4.78, 5) is 5.61. The number of fused-ring (bicyclic) bond motifs is 2. The second-order valence-electron chi connectivity index (χ2n) is 5.29. The lowest BCUT2D eigenvalue weighted by atomic mass is 10.1. The van der Waals surface area contributed by atoms with Gasteiger partial charge >= 0.3 is 0 Å². The van der Waals surface area contributed by atoms with Gasteiger partial charge in [-0.3, -0.25) is 0 Å². The third-order valence-corrected chi connectivity index (χ3v) is 3.73. The molecule has 3 heteroatoms. The lowest BCUT2D eigenvalue weighted by molar-refractivity contribution is 0.121. The van der Waals surface area contributed by atoms with Crippen molar-refractivity contribution in [1.82, 2.24) is 0 Å². The van der Waals surface area contributed by atoms with Gasteiger partial charge in [0.25, 0.3) is 0 Å². The van der Waals surface area contributed by atoms with Crippen LogP contribution < -0.4 is 5.36 Å². The zero-order valence-corrected chi connectivity index (χ0v) is 12.5. The van der Waals surface area contributed by atoms with Gasteiger partial charge in [0, 0.05) is 10.8 Å². The van der Waals surface area contributed by atoms with Crippen LogP contribution in [0.5, 0.6) is 0 Å². The molecule has 3 nitrogen and oxygen atoms in total. The summed E-state index contributed by atoms with van der Waals surface area (Å²) in [5.74, 6) is 0. The summed E-state index contributed by atoms with van der Waals surface area (Å²) in [6.07, 6.45) is 0.